The highest BCUT2D eigenvalue weighted by atomic mass is 19.1. The smallest absolute Gasteiger partial charge is 0.274 e. The SMILES string of the molecule is CCc1cc(CN(C)C(=O)c2cc(COc3ccccc3F)[nH]n2)on1. The first-order valence-corrected chi connectivity index (χ1v) is 8.18. The van der Waals surface area contributed by atoms with Crippen LogP contribution in [0.25, 0.3) is 0 Å². The molecule has 0 saturated carbocycles. The van der Waals surface area contributed by atoms with Crippen LogP contribution in [-0.2, 0) is 19.6 Å². The van der Waals surface area contributed by atoms with Gasteiger partial charge in [-0.15, -0.1) is 0 Å². The summed E-state index contributed by atoms with van der Waals surface area (Å²) in [6.07, 6.45) is 0.770. The third kappa shape index (κ3) is 4.08. The molecule has 0 aliphatic carbocycles. The summed E-state index contributed by atoms with van der Waals surface area (Å²) in [5.41, 5.74) is 1.65. The minimum Gasteiger partial charge on any atom is -0.484 e. The molecule has 26 heavy (non-hydrogen) atoms. The summed E-state index contributed by atoms with van der Waals surface area (Å²) >= 11 is 0. The Morgan fingerprint density at radius 2 is 2.15 bits per heavy atom. The van der Waals surface area contributed by atoms with E-state index in [-0.39, 0.29) is 24.0 Å². The average molecular weight is 358 g/mol. The number of nitrogens with one attached hydrogen (secondary N) is 1. The number of aromatic nitrogens is 3. The van der Waals surface area contributed by atoms with E-state index in [4.69, 9.17) is 9.26 Å². The van der Waals surface area contributed by atoms with Crippen molar-refractivity contribution in [1.29, 1.82) is 0 Å². The second-order valence-electron chi connectivity index (χ2n) is 5.80. The molecule has 0 atom stereocenters. The van der Waals surface area contributed by atoms with Gasteiger partial charge in [-0.2, -0.15) is 5.10 Å². The van der Waals surface area contributed by atoms with Crippen LogP contribution in [0.5, 0.6) is 5.75 Å². The van der Waals surface area contributed by atoms with Gasteiger partial charge in [0, 0.05) is 13.1 Å². The van der Waals surface area contributed by atoms with Gasteiger partial charge in [0.25, 0.3) is 5.91 Å². The van der Waals surface area contributed by atoms with E-state index in [0.717, 1.165) is 12.1 Å². The quantitative estimate of drug-likeness (QED) is 0.702. The van der Waals surface area contributed by atoms with E-state index in [1.165, 1.54) is 17.0 Å². The van der Waals surface area contributed by atoms with Crippen LogP contribution in [0.1, 0.15) is 34.6 Å². The standard InChI is InChI=1S/C18H19FN4O3/c1-3-12-8-14(26-22-12)10-23(2)18(24)16-9-13(20-21-16)11-25-17-7-5-4-6-15(17)19/h4-9H,3,10-11H2,1-2H3,(H,20,21). The number of aryl methyl sites for hydroxylation is 1. The predicted octanol–water partition coefficient (Wildman–Crippen LogP) is 2.95. The molecule has 0 radical (unpaired) electrons. The summed E-state index contributed by atoms with van der Waals surface area (Å²) < 4.78 is 24.1. The second kappa shape index (κ2) is 7.81. The van der Waals surface area contributed by atoms with Crippen molar-refractivity contribution in [2.45, 2.75) is 26.5 Å². The lowest BCUT2D eigenvalue weighted by Gasteiger charge is -2.13. The zero-order valence-electron chi connectivity index (χ0n) is 14.5. The van der Waals surface area contributed by atoms with Crippen molar-refractivity contribution in [3.05, 3.63) is 65.1 Å². The molecule has 1 amide bonds. The van der Waals surface area contributed by atoms with Crippen LogP contribution >= 0.6 is 0 Å². The topological polar surface area (TPSA) is 84.2 Å². The summed E-state index contributed by atoms with van der Waals surface area (Å²) in [6, 6.07) is 9.53. The first-order valence-electron chi connectivity index (χ1n) is 8.18. The highest BCUT2D eigenvalue weighted by Crippen LogP contribution is 2.17. The van der Waals surface area contributed by atoms with Crippen molar-refractivity contribution in [2.75, 3.05) is 7.05 Å². The van der Waals surface area contributed by atoms with Gasteiger partial charge >= 0.3 is 0 Å². The maximum atomic E-state index is 13.5. The van der Waals surface area contributed by atoms with E-state index in [0.29, 0.717) is 18.0 Å². The van der Waals surface area contributed by atoms with Crippen LogP contribution in [0.15, 0.2) is 40.9 Å². The zero-order chi connectivity index (χ0) is 18.5. The minimum atomic E-state index is -0.443. The molecular formula is C18H19FN4O3. The van der Waals surface area contributed by atoms with Crippen LogP contribution in [0.4, 0.5) is 4.39 Å². The van der Waals surface area contributed by atoms with Crippen LogP contribution < -0.4 is 4.74 Å². The molecule has 2 heterocycles. The van der Waals surface area contributed by atoms with Gasteiger partial charge in [-0.05, 0) is 24.6 Å². The first kappa shape index (κ1) is 17.7. The normalized spacial score (nSPS) is 10.7. The highest BCUT2D eigenvalue weighted by molar-refractivity contribution is 5.92. The molecular weight excluding hydrogens is 339 g/mol. The summed E-state index contributed by atoms with van der Waals surface area (Å²) in [5.74, 6) is 0.0369. The largest absolute Gasteiger partial charge is 0.484 e. The Morgan fingerprint density at radius 3 is 2.88 bits per heavy atom. The zero-order valence-corrected chi connectivity index (χ0v) is 14.5. The molecule has 136 valence electrons. The number of rotatable bonds is 7. The predicted molar refractivity (Wildman–Crippen MR) is 91.0 cm³/mol. The monoisotopic (exact) mass is 358 g/mol. The Morgan fingerprint density at radius 1 is 1.35 bits per heavy atom. The maximum Gasteiger partial charge on any atom is 0.274 e. The molecule has 8 heteroatoms. The molecule has 0 unspecified atom stereocenters. The van der Waals surface area contributed by atoms with Crippen LogP contribution in [0.3, 0.4) is 0 Å². The summed E-state index contributed by atoms with van der Waals surface area (Å²) in [6.45, 7) is 2.35. The van der Waals surface area contributed by atoms with Gasteiger partial charge in [-0.1, -0.05) is 24.2 Å². The van der Waals surface area contributed by atoms with Crippen molar-refractivity contribution in [1.82, 2.24) is 20.3 Å². The molecule has 1 aromatic carbocycles. The molecule has 0 aliphatic heterocycles. The number of aromatic amines is 1. The van der Waals surface area contributed by atoms with Crippen LogP contribution in [0.2, 0.25) is 0 Å². The van der Waals surface area contributed by atoms with Gasteiger partial charge in [0.2, 0.25) is 0 Å². The number of amides is 1. The Labute approximate surface area is 149 Å². The van der Waals surface area contributed by atoms with E-state index < -0.39 is 5.82 Å². The molecule has 3 rings (SSSR count). The van der Waals surface area contributed by atoms with E-state index >= 15 is 0 Å². The van der Waals surface area contributed by atoms with Crippen LogP contribution in [-0.4, -0.2) is 33.2 Å². The van der Waals surface area contributed by atoms with Crippen molar-refractivity contribution < 1.29 is 18.4 Å². The summed E-state index contributed by atoms with van der Waals surface area (Å²) in [4.78, 5) is 13.9. The lowest BCUT2D eigenvalue weighted by Crippen LogP contribution is -2.26. The van der Waals surface area contributed by atoms with Crippen molar-refractivity contribution >= 4 is 5.91 Å². The molecule has 3 aromatic rings. The van der Waals surface area contributed by atoms with E-state index in [9.17, 15) is 9.18 Å². The Balaban J connectivity index is 1.59. The number of para-hydroxylation sites is 1. The van der Waals surface area contributed by atoms with Gasteiger partial charge in [0.1, 0.15) is 6.61 Å². The Hall–Kier alpha value is -3.16. The minimum absolute atomic E-state index is 0.0763. The molecule has 0 aliphatic rings. The van der Waals surface area contributed by atoms with Crippen LogP contribution in [0, 0.1) is 5.82 Å². The molecule has 0 saturated heterocycles. The Bertz CT molecular complexity index is 890. The third-order valence-corrected chi connectivity index (χ3v) is 3.78. The number of nitrogens with zero attached hydrogens (tertiary/aromatic N) is 3. The number of carbonyl (C=O) groups is 1. The number of benzene rings is 1. The number of hydrogen-bond acceptors (Lipinski definition) is 5. The van der Waals surface area contributed by atoms with Gasteiger partial charge in [-0.3, -0.25) is 9.89 Å². The molecule has 2 aromatic heterocycles. The second-order valence-corrected chi connectivity index (χ2v) is 5.80. The average Bonchev–Trinajstić information content (AvgIpc) is 3.29. The van der Waals surface area contributed by atoms with Gasteiger partial charge in [0.15, 0.2) is 23.0 Å². The summed E-state index contributed by atoms with van der Waals surface area (Å²) in [5, 5.41) is 10.6. The van der Waals surface area contributed by atoms with E-state index in [1.54, 1.807) is 25.2 Å². The van der Waals surface area contributed by atoms with E-state index in [2.05, 4.69) is 15.4 Å². The number of hydrogen-bond donors (Lipinski definition) is 1. The number of H-pyrrole nitrogens is 1. The lowest BCUT2D eigenvalue weighted by molar-refractivity contribution is 0.0766. The fraction of sp³-hybridized carbons (Fsp3) is 0.278. The van der Waals surface area contributed by atoms with E-state index in [1.807, 2.05) is 13.0 Å². The third-order valence-electron chi connectivity index (χ3n) is 3.78. The van der Waals surface area contributed by atoms with Crippen molar-refractivity contribution in [3.63, 3.8) is 0 Å². The number of ether oxygens (including phenoxy) is 1. The number of carbonyl (C=O) groups excluding carboxylic acids is 1. The van der Waals surface area contributed by atoms with Crippen molar-refractivity contribution in [2.24, 2.45) is 0 Å². The van der Waals surface area contributed by atoms with Crippen molar-refractivity contribution in [3.8, 4) is 5.75 Å². The number of halogens is 1. The molecule has 1 N–H and O–H groups in total. The van der Waals surface area contributed by atoms with Gasteiger partial charge < -0.3 is 14.2 Å². The van der Waals surface area contributed by atoms with Gasteiger partial charge in [0.05, 0.1) is 17.9 Å². The summed E-state index contributed by atoms with van der Waals surface area (Å²) in [7, 11) is 1.65. The molecule has 0 bridgehead atoms. The molecule has 7 nitrogen and oxygen atoms in total. The van der Waals surface area contributed by atoms with Gasteiger partial charge in [-0.25, -0.2) is 4.39 Å². The highest BCUT2D eigenvalue weighted by Gasteiger charge is 2.17. The molecule has 0 fully saturated rings. The first-order chi connectivity index (χ1) is 12.6. The fourth-order valence-electron chi connectivity index (χ4n) is 2.36. The Kier molecular flexibility index (Phi) is 5.31. The maximum absolute atomic E-state index is 13.5. The molecule has 0 spiro atoms. The lowest BCUT2D eigenvalue weighted by atomic mass is 10.3. The fourth-order valence-corrected chi connectivity index (χ4v) is 2.36.